The van der Waals surface area contributed by atoms with Crippen molar-refractivity contribution in [1.29, 1.82) is 0 Å². The van der Waals surface area contributed by atoms with E-state index in [1.165, 1.54) is 5.56 Å². The summed E-state index contributed by atoms with van der Waals surface area (Å²) in [5.74, 6) is 1.27. The van der Waals surface area contributed by atoms with Gasteiger partial charge in [-0.15, -0.1) is 5.10 Å². The predicted molar refractivity (Wildman–Crippen MR) is 151 cm³/mol. The van der Waals surface area contributed by atoms with Gasteiger partial charge in [0.1, 0.15) is 18.3 Å². The lowest BCUT2D eigenvalue weighted by Crippen LogP contribution is -2.35. The molecule has 4 heterocycles. The number of benzene rings is 2. The first-order chi connectivity index (χ1) is 19.7. The maximum absolute atomic E-state index is 13.8. The summed E-state index contributed by atoms with van der Waals surface area (Å²) in [7, 11) is 0. The summed E-state index contributed by atoms with van der Waals surface area (Å²) in [6.07, 6.45) is 6.13. The van der Waals surface area contributed by atoms with Crippen molar-refractivity contribution in [2.45, 2.75) is 39.0 Å². The molecular weight excluding hydrogens is 502 g/mol. The van der Waals surface area contributed by atoms with E-state index in [0.717, 1.165) is 28.5 Å². The number of hydrogen-bond acceptors (Lipinski definition) is 7. The standard InChI is InChI=1S/C31H29N7O2/c1-2-22-12-13-28-25(16-22)17-27(31(39)33-28)29(30-34-35-36-38(30)21-26-11-7-15-40-26)37(19-23-8-4-3-5-9-23)20-24-10-6-14-32-18-24/h3-18,29H,2,19-21H2,1H3,(H,33,39)/t29-/m0/s1. The molecule has 9 heteroatoms. The van der Waals surface area contributed by atoms with Crippen LogP contribution in [0, 0.1) is 0 Å². The molecule has 200 valence electrons. The summed E-state index contributed by atoms with van der Waals surface area (Å²) >= 11 is 0. The molecule has 0 unspecified atom stereocenters. The Bertz CT molecular complexity index is 1700. The van der Waals surface area contributed by atoms with Crippen LogP contribution in [0.5, 0.6) is 0 Å². The number of pyridine rings is 2. The smallest absolute Gasteiger partial charge is 0.253 e. The first-order valence-corrected chi connectivity index (χ1v) is 13.3. The number of H-pyrrole nitrogens is 1. The van der Waals surface area contributed by atoms with E-state index in [9.17, 15) is 4.79 Å². The van der Waals surface area contributed by atoms with Gasteiger partial charge in [-0.1, -0.05) is 49.4 Å². The molecule has 4 aromatic heterocycles. The van der Waals surface area contributed by atoms with Gasteiger partial charge < -0.3 is 9.40 Å². The van der Waals surface area contributed by atoms with Crippen LogP contribution in [0.25, 0.3) is 10.9 Å². The fourth-order valence-corrected chi connectivity index (χ4v) is 5.05. The molecule has 9 nitrogen and oxygen atoms in total. The summed E-state index contributed by atoms with van der Waals surface area (Å²) in [5, 5.41) is 13.8. The zero-order valence-electron chi connectivity index (χ0n) is 22.1. The molecule has 6 aromatic rings. The zero-order valence-corrected chi connectivity index (χ0v) is 22.1. The number of aromatic amines is 1. The van der Waals surface area contributed by atoms with Crippen LogP contribution in [-0.4, -0.2) is 35.1 Å². The van der Waals surface area contributed by atoms with Crippen molar-refractivity contribution in [3.63, 3.8) is 0 Å². The summed E-state index contributed by atoms with van der Waals surface area (Å²) < 4.78 is 7.30. The first kappa shape index (κ1) is 25.4. The topological polar surface area (TPSA) is 106 Å². The number of nitrogens with zero attached hydrogens (tertiary/aromatic N) is 6. The quantitative estimate of drug-likeness (QED) is 0.268. The van der Waals surface area contributed by atoms with Crippen LogP contribution in [0.2, 0.25) is 0 Å². The molecule has 0 saturated heterocycles. The highest BCUT2D eigenvalue weighted by Crippen LogP contribution is 2.30. The maximum atomic E-state index is 13.8. The minimum atomic E-state index is -0.566. The number of fused-ring (bicyclic) bond motifs is 1. The number of aryl methyl sites for hydroxylation is 1. The second kappa shape index (κ2) is 11.5. The lowest BCUT2D eigenvalue weighted by molar-refractivity contribution is 0.193. The molecule has 6 rings (SSSR count). The molecule has 0 aliphatic heterocycles. The van der Waals surface area contributed by atoms with E-state index < -0.39 is 6.04 Å². The molecule has 1 atom stereocenters. The van der Waals surface area contributed by atoms with Crippen LogP contribution < -0.4 is 5.56 Å². The van der Waals surface area contributed by atoms with E-state index in [1.54, 1.807) is 17.1 Å². The van der Waals surface area contributed by atoms with Crippen molar-refractivity contribution in [2.24, 2.45) is 0 Å². The molecule has 0 spiro atoms. The third-order valence-corrected chi connectivity index (χ3v) is 7.03. The third kappa shape index (κ3) is 5.45. The van der Waals surface area contributed by atoms with Gasteiger partial charge in [0.25, 0.3) is 5.56 Å². The van der Waals surface area contributed by atoms with Crippen molar-refractivity contribution in [3.8, 4) is 0 Å². The van der Waals surface area contributed by atoms with Crippen LogP contribution in [0.4, 0.5) is 0 Å². The number of tetrazole rings is 1. The molecule has 0 amide bonds. The third-order valence-electron chi connectivity index (χ3n) is 7.03. The van der Waals surface area contributed by atoms with Gasteiger partial charge in [0.15, 0.2) is 5.82 Å². The fraction of sp³-hybridized carbons (Fsp3) is 0.194. The van der Waals surface area contributed by atoms with Gasteiger partial charge in [-0.25, -0.2) is 4.68 Å². The summed E-state index contributed by atoms with van der Waals surface area (Å²) in [6, 6.07) is 25.4. The van der Waals surface area contributed by atoms with Crippen molar-refractivity contribution in [2.75, 3.05) is 0 Å². The number of hydrogen-bond donors (Lipinski definition) is 1. The molecular formula is C31H29N7O2. The van der Waals surface area contributed by atoms with Gasteiger partial charge >= 0.3 is 0 Å². The van der Waals surface area contributed by atoms with Crippen LogP contribution in [0.15, 0.2) is 107 Å². The summed E-state index contributed by atoms with van der Waals surface area (Å²) in [4.78, 5) is 23.4. The molecule has 0 bridgehead atoms. The van der Waals surface area contributed by atoms with Crippen LogP contribution in [-0.2, 0) is 26.1 Å². The van der Waals surface area contributed by atoms with Gasteiger partial charge in [0.05, 0.1) is 6.26 Å². The summed E-state index contributed by atoms with van der Waals surface area (Å²) in [6.45, 7) is 3.53. The molecule has 0 aliphatic rings. The number of aromatic nitrogens is 6. The second-order valence-corrected chi connectivity index (χ2v) is 9.76. The average Bonchev–Trinajstić information content (AvgIpc) is 3.67. The van der Waals surface area contributed by atoms with Crippen molar-refractivity contribution in [1.82, 2.24) is 35.1 Å². The van der Waals surface area contributed by atoms with Gasteiger partial charge in [0.2, 0.25) is 0 Å². The Morgan fingerprint density at radius 3 is 2.58 bits per heavy atom. The van der Waals surface area contributed by atoms with Crippen molar-refractivity contribution in [3.05, 3.63) is 142 Å². The molecule has 1 N–H and O–H groups in total. The van der Waals surface area contributed by atoms with Crippen molar-refractivity contribution >= 4 is 10.9 Å². The number of nitrogens with one attached hydrogen (secondary N) is 1. The Morgan fingerprint density at radius 2 is 1.80 bits per heavy atom. The number of furan rings is 1. The van der Waals surface area contributed by atoms with Gasteiger partial charge in [-0.05, 0) is 75.3 Å². The first-order valence-electron chi connectivity index (χ1n) is 13.3. The fourth-order valence-electron chi connectivity index (χ4n) is 5.05. The van der Waals surface area contributed by atoms with E-state index >= 15 is 0 Å². The molecule has 2 aromatic carbocycles. The Hall–Kier alpha value is -4.89. The monoisotopic (exact) mass is 531 g/mol. The lowest BCUT2D eigenvalue weighted by atomic mass is 10.0. The maximum Gasteiger partial charge on any atom is 0.253 e. The Labute approximate surface area is 231 Å². The minimum absolute atomic E-state index is 0.182. The van der Waals surface area contributed by atoms with Crippen LogP contribution in [0.1, 0.15) is 46.8 Å². The van der Waals surface area contributed by atoms with E-state index in [0.29, 0.717) is 36.8 Å². The normalized spacial score (nSPS) is 12.2. The van der Waals surface area contributed by atoms with Gasteiger partial charge in [-0.3, -0.25) is 14.7 Å². The highest BCUT2D eigenvalue weighted by Gasteiger charge is 2.31. The largest absolute Gasteiger partial charge is 0.467 e. The molecule has 0 saturated carbocycles. The van der Waals surface area contributed by atoms with Crippen LogP contribution >= 0.6 is 0 Å². The van der Waals surface area contributed by atoms with E-state index in [-0.39, 0.29) is 5.56 Å². The minimum Gasteiger partial charge on any atom is -0.467 e. The molecule has 0 fully saturated rings. The van der Waals surface area contributed by atoms with Gasteiger partial charge in [0, 0.05) is 36.6 Å². The van der Waals surface area contributed by atoms with Crippen molar-refractivity contribution < 1.29 is 4.42 Å². The Morgan fingerprint density at radius 1 is 0.950 bits per heavy atom. The number of rotatable bonds is 10. The average molecular weight is 532 g/mol. The predicted octanol–water partition coefficient (Wildman–Crippen LogP) is 4.91. The van der Waals surface area contributed by atoms with Crippen LogP contribution in [0.3, 0.4) is 0 Å². The Kier molecular flexibility index (Phi) is 7.28. The highest BCUT2D eigenvalue weighted by molar-refractivity contribution is 5.80. The summed E-state index contributed by atoms with van der Waals surface area (Å²) in [5.41, 5.74) is 4.49. The molecule has 40 heavy (non-hydrogen) atoms. The molecule has 0 radical (unpaired) electrons. The van der Waals surface area contributed by atoms with Gasteiger partial charge in [-0.2, -0.15) is 0 Å². The van der Waals surface area contributed by atoms with E-state index in [4.69, 9.17) is 4.42 Å². The Balaban J connectivity index is 1.53. The SMILES string of the molecule is CCc1ccc2[nH]c(=O)c([C@@H](c3nnnn3Cc3ccco3)N(Cc3ccccc3)Cc3cccnc3)cc2c1. The highest BCUT2D eigenvalue weighted by atomic mass is 16.3. The lowest BCUT2D eigenvalue weighted by Gasteiger charge is -2.31. The molecule has 0 aliphatic carbocycles. The van der Waals surface area contributed by atoms with E-state index in [2.05, 4.69) is 55.5 Å². The second-order valence-electron chi connectivity index (χ2n) is 9.76. The zero-order chi connectivity index (χ0) is 27.3. The van der Waals surface area contributed by atoms with E-state index in [1.807, 2.05) is 66.9 Å².